The van der Waals surface area contributed by atoms with Crippen LogP contribution in [0.15, 0.2) is 12.3 Å². The van der Waals surface area contributed by atoms with Crippen LogP contribution in [0, 0.1) is 5.41 Å². The Balaban J connectivity index is 4.82. The molecule has 19 heavy (non-hydrogen) atoms. The first-order chi connectivity index (χ1) is 8.23. The van der Waals surface area contributed by atoms with Crippen LogP contribution in [0.5, 0.6) is 0 Å². The Hall–Kier alpha value is -0.350. The van der Waals surface area contributed by atoms with Crippen molar-refractivity contribution in [3.05, 3.63) is 12.3 Å². The average molecular weight is 289 g/mol. The third-order valence-corrected chi connectivity index (χ3v) is 4.00. The molecule has 0 saturated carbocycles. The highest BCUT2D eigenvalue weighted by molar-refractivity contribution is 7.84. The van der Waals surface area contributed by atoms with Gasteiger partial charge in [0, 0.05) is 6.04 Å². The molecule has 4 heteroatoms. The van der Waals surface area contributed by atoms with Gasteiger partial charge in [-0.1, -0.05) is 20.8 Å². The van der Waals surface area contributed by atoms with Gasteiger partial charge >= 0.3 is 0 Å². The third-order valence-electron chi connectivity index (χ3n) is 2.42. The first-order valence-electron chi connectivity index (χ1n) is 6.76. The summed E-state index contributed by atoms with van der Waals surface area (Å²) in [7, 11) is -1.10. The zero-order valence-electron chi connectivity index (χ0n) is 14.0. The lowest BCUT2D eigenvalue weighted by Crippen LogP contribution is -2.45. The summed E-state index contributed by atoms with van der Waals surface area (Å²) in [5.41, 5.74) is -0.235. The van der Waals surface area contributed by atoms with Crippen molar-refractivity contribution in [2.45, 2.75) is 78.7 Å². The highest BCUT2D eigenvalue weighted by Crippen LogP contribution is 2.23. The van der Waals surface area contributed by atoms with E-state index < -0.39 is 11.0 Å². The van der Waals surface area contributed by atoms with Crippen LogP contribution in [0.3, 0.4) is 0 Å². The lowest BCUT2D eigenvalue weighted by Gasteiger charge is -2.31. The molecule has 0 fully saturated rings. The van der Waals surface area contributed by atoms with Crippen molar-refractivity contribution in [2.24, 2.45) is 5.41 Å². The van der Waals surface area contributed by atoms with Crippen molar-refractivity contribution in [3.63, 3.8) is 0 Å². The summed E-state index contributed by atoms with van der Waals surface area (Å²) >= 11 is 0. The Kier molecular flexibility index (Phi) is 6.28. The first-order valence-corrected chi connectivity index (χ1v) is 7.91. The van der Waals surface area contributed by atoms with Gasteiger partial charge in [-0.3, -0.25) is 0 Å². The molecule has 0 unspecified atom stereocenters. The van der Waals surface area contributed by atoms with Crippen LogP contribution in [0.25, 0.3) is 0 Å². The molecule has 3 nitrogen and oxygen atoms in total. The predicted octanol–water partition coefficient (Wildman–Crippen LogP) is 3.78. The quantitative estimate of drug-likeness (QED) is 0.800. The number of nitrogens with one attached hydrogen (secondary N) is 1. The molecule has 0 saturated heterocycles. The Morgan fingerprint density at radius 1 is 1.00 bits per heavy atom. The van der Waals surface area contributed by atoms with E-state index in [1.807, 2.05) is 47.6 Å². The van der Waals surface area contributed by atoms with E-state index in [4.69, 9.17) is 4.74 Å². The van der Waals surface area contributed by atoms with Crippen LogP contribution in [-0.4, -0.2) is 20.6 Å². The predicted molar refractivity (Wildman–Crippen MR) is 84.3 cm³/mol. The van der Waals surface area contributed by atoms with E-state index in [-0.39, 0.29) is 21.8 Å². The normalized spacial score (nSPS) is 17.5. The summed E-state index contributed by atoms with van der Waals surface area (Å²) in [5, 5.41) is 0. The van der Waals surface area contributed by atoms with Gasteiger partial charge in [-0.25, -0.2) is 8.93 Å². The van der Waals surface area contributed by atoms with E-state index in [1.54, 1.807) is 6.26 Å². The molecule has 0 aliphatic rings. The van der Waals surface area contributed by atoms with Gasteiger partial charge in [-0.15, -0.1) is 0 Å². The van der Waals surface area contributed by atoms with E-state index in [0.29, 0.717) is 0 Å². The van der Waals surface area contributed by atoms with Crippen LogP contribution in [0.4, 0.5) is 0 Å². The van der Waals surface area contributed by atoms with E-state index in [0.717, 1.165) is 0 Å². The van der Waals surface area contributed by atoms with Gasteiger partial charge in [0.05, 0.1) is 27.6 Å². The van der Waals surface area contributed by atoms with Crippen molar-refractivity contribution in [1.82, 2.24) is 4.72 Å². The molecule has 0 radical (unpaired) electrons. The molecule has 0 spiro atoms. The summed E-state index contributed by atoms with van der Waals surface area (Å²) in [5.74, 6) is 0. The van der Waals surface area contributed by atoms with Gasteiger partial charge in [-0.2, -0.15) is 0 Å². The average Bonchev–Trinajstić information content (AvgIpc) is 2.10. The summed E-state index contributed by atoms with van der Waals surface area (Å²) in [6.07, 6.45) is 3.66. The van der Waals surface area contributed by atoms with Crippen molar-refractivity contribution in [1.29, 1.82) is 0 Å². The minimum Gasteiger partial charge on any atom is -0.496 e. The molecule has 0 bridgehead atoms. The third kappa shape index (κ3) is 8.43. The molecule has 0 amide bonds. The number of ether oxygens (including phenoxy) is 1. The Morgan fingerprint density at radius 2 is 1.47 bits per heavy atom. The van der Waals surface area contributed by atoms with E-state index in [2.05, 4.69) is 25.5 Å². The second-order valence-electron chi connectivity index (χ2n) is 7.90. The molecular formula is C15H31NO2S. The van der Waals surface area contributed by atoms with Crippen LogP contribution in [-0.2, 0) is 15.7 Å². The molecule has 0 aromatic heterocycles. The van der Waals surface area contributed by atoms with Crippen molar-refractivity contribution in [3.8, 4) is 0 Å². The summed E-state index contributed by atoms with van der Waals surface area (Å²) in [6.45, 7) is 18.3. The van der Waals surface area contributed by atoms with Gasteiger partial charge in [0.25, 0.3) is 0 Å². The van der Waals surface area contributed by atoms with Gasteiger partial charge in [0.15, 0.2) is 0 Å². The summed E-state index contributed by atoms with van der Waals surface area (Å²) in [4.78, 5) is 0. The number of rotatable bonds is 4. The minimum absolute atomic E-state index is 0.00471. The minimum atomic E-state index is -1.10. The second kappa shape index (κ2) is 6.40. The van der Waals surface area contributed by atoms with Gasteiger partial charge < -0.3 is 4.74 Å². The number of hydrogen-bond donors (Lipinski definition) is 1. The Bertz CT molecular complexity index is 330. The van der Waals surface area contributed by atoms with Crippen molar-refractivity contribution in [2.75, 3.05) is 0 Å². The lowest BCUT2D eigenvalue weighted by molar-refractivity contribution is 0.0752. The fourth-order valence-corrected chi connectivity index (χ4v) is 2.14. The van der Waals surface area contributed by atoms with Crippen molar-refractivity contribution < 1.29 is 8.95 Å². The zero-order chi connectivity index (χ0) is 15.5. The first kappa shape index (κ1) is 18.7. The molecule has 1 N–H and O–H groups in total. The largest absolute Gasteiger partial charge is 0.496 e. The maximum Gasteiger partial charge on any atom is 0.0998 e. The SMILES string of the molecule is CC(C)(C)O/C=C\[C@H](N[S@@](=O)C(C)(C)C)C(C)(C)C. The summed E-state index contributed by atoms with van der Waals surface area (Å²) < 4.78 is 20.7. The van der Waals surface area contributed by atoms with Crippen molar-refractivity contribution >= 4 is 11.0 Å². The zero-order valence-corrected chi connectivity index (χ0v) is 14.8. The Labute approximate surface area is 121 Å². The monoisotopic (exact) mass is 289 g/mol. The molecule has 114 valence electrons. The molecule has 0 aromatic carbocycles. The van der Waals surface area contributed by atoms with Crippen LogP contribution in [0.1, 0.15) is 62.3 Å². The van der Waals surface area contributed by atoms with E-state index in [9.17, 15) is 4.21 Å². The highest BCUT2D eigenvalue weighted by atomic mass is 32.2. The molecule has 0 aliphatic carbocycles. The van der Waals surface area contributed by atoms with E-state index in [1.165, 1.54) is 0 Å². The topological polar surface area (TPSA) is 38.3 Å². The smallest absolute Gasteiger partial charge is 0.0998 e. The lowest BCUT2D eigenvalue weighted by atomic mass is 9.87. The fourth-order valence-electron chi connectivity index (χ4n) is 1.12. The highest BCUT2D eigenvalue weighted by Gasteiger charge is 2.28. The van der Waals surface area contributed by atoms with Gasteiger partial charge in [0.1, 0.15) is 0 Å². The second-order valence-corrected chi connectivity index (χ2v) is 9.90. The Morgan fingerprint density at radius 3 is 1.79 bits per heavy atom. The van der Waals surface area contributed by atoms with Gasteiger partial charge in [-0.05, 0) is 53.0 Å². The van der Waals surface area contributed by atoms with Gasteiger partial charge in [0.2, 0.25) is 0 Å². The van der Waals surface area contributed by atoms with E-state index >= 15 is 0 Å². The maximum absolute atomic E-state index is 12.2. The molecule has 0 aliphatic heterocycles. The molecule has 0 rings (SSSR count). The van der Waals surface area contributed by atoms with Crippen LogP contribution < -0.4 is 4.72 Å². The molecule has 0 aromatic rings. The molecule has 0 heterocycles. The molecular weight excluding hydrogens is 258 g/mol. The van der Waals surface area contributed by atoms with Crippen LogP contribution >= 0.6 is 0 Å². The molecule has 2 atom stereocenters. The van der Waals surface area contributed by atoms with Crippen LogP contribution in [0.2, 0.25) is 0 Å². The number of hydrogen-bond acceptors (Lipinski definition) is 2. The fraction of sp³-hybridized carbons (Fsp3) is 0.867. The standard InChI is InChI=1S/C15H31NO2S/c1-13(2,3)12(10-11-18-14(4,5)6)16-19(17)15(7,8)9/h10-12,16H,1-9H3/b11-10-/t12-,19-/m0/s1. The summed E-state index contributed by atoms with van der Waals surface area (Å²) in [6, 6.07) is -0.00471. The maximum atomic E-state index is 12.2.